The zero-order chi connectivity index (χ0) is 20.7. The van der Waals surface area contributed by atoms with Gasteiger partial charge in [0, 0.05) is 16.4 Å². The number of nitrogens with zero attached hydrogens (tertiary/aromatic N) is 2. The lowest BCUT2D eigenvalue weighted by atomic mass is 10.2. The number of carbonyl (C=O) groups is 2. The summed E-state index contributed by atoms with van der Waals surface area (Å²) in [4.78, 5) is 26.2. The number of carbonyl (C=O) groups excluding carboxylic acids is 2. The van der Waals surface area contributed by atoms with Crippen LogP contribution in [0.15, 0.2) is 60.3 Å². The van der Waals surface area contributed by atoms with Gasteiger partial charge in [-0.15, -0.1) is 0 Å². The summed E-state index contributed by atoms with van der Waals surface area (Å²) in [6.45, 7) is 3.69. The van der Waals surface area contributed by atoms with Crippen LogP contribution in [0, 0.1) is 19.7 Å². The monoisotopic (exact) mass is 409 g/mol. The topological polar surface area (TPSA) is 54.3 Å². The standard InChI is InChI=1S/C22H17ClFN3O2/c1-13-10-15(14(2)26(13)20-9-4-3-8-18(20)24)11-19-21(28)27(22(29)25-19)17-7-5-6-16(23)12-17/h3-12H,1-2H3,(H,25,29)/b19-11+. The molecule has 0 radical (unpaired) electrons. The Labute approximate surface area is 172 Å². The molecule has 0 aliphatic carbocycles. The van der Waals surface area contributed by atoms with Gasteiger partial charge in [-0.1, -0.05) is 29.8 Å². The van der Waals surface area contributed by atoms with Gasteiger partial charge in [0.1, 0.15) is 11.5 Å². The Morgan fingerprint density at radius 3 is 2.52 bits per heavy atom. The number of anilines is 1. The molecule has 1 N–H and O–H groups in total. The van der Waals surface area contributed by atoms with Crippen molar-refractivity contribution >= 4 is 35.3 Å². The Hall–Kier alpha value is -3.38. The first-order chi connectivity index (χ1) is 13.9. The van der Waals surface area contributed by atoms with Crippen molar-refractivity contribution in [3.8, 4) is 5.69 Å². The largest absolute Gasteiger partial charge is 0.333 e. The maximum absolute atomic E-state index is 14.3. The second-order valence-corrected chi connectivity index (χ2v) is 7.16. The molecule has 0 unspecified atom stereocenters. The normalized spacial score (nSPS) is 15.3. The van der Waals surface area contributed by atoms with E-state index in [1.807, 2.05) is 19.9 Å². The van der Waals surface area contributed by atoms with Gasteiger partial charge >= 0.3 is 6.03 Å². The molecule has 4 rings (SSSR count). The molecule has 1 aliphatic rings. The van der Waals surface area contributed by atoms with Gasteiger partial charge in [0.2, 0.25) is 0 Å². The van der Waals surface area contributed by atoms with Crippen molar-refractivity contribution in [3.05, 3.63) is 88.1 Å². The molecule has 0 spiro atoms. The number of halogens is 2. The summed E-state index contributed by atoms with van der Waals surface area (Å²) in [5, 5.41) is 3.02. The van der Waals surface area contributed by atoms with Crippen molar-refractivity contribution in [1.82, 2.24) is 9.88 Å². The van der Waals surface area contributed by atoms with E-state index in [2.05, 4.69) is 5.32 Å². The number of rotatable bonds is 3. The molecule has 2 aromatic carbocycles. The summed E-state index contributed by atoms with van der Waals surface area (Å²) >= 11 is 5.98. The predicted octanol–water partition coefficient (Wildman–Crippen LogP) is 4.98. The Balaban J connectivity index is 1.73. The van der Waals surface area contributed by atoms with Crippen LogP contribution in [0.1, 0.15) is 17.0 Å². The minimum Gasteiger partial charge on any atom is -0.315 e. The first-order valence-electron chi connectivity index (χ1n) is 8.93. The van der Waals surface area contributed by atoms with E-state index in [1.165, 1.54) is 6.07 Å². The van der Waals surface area contributed by atoms with E-state index < -0.39 is 11.9 Å². The molecular formula is C22H17ClFN3O2. The van der Waals surface area contributed by atoms with Gasteiger partial charge in [-0.3, -0.25) is 4.79 Å². The third-order valence-electron chi connectivity index (χ3n) is 4.81. The number of aromatic nitrogens is 1. The molecule has 1 aromatic heterocycles. The number of hydrogen-bond donors (Lipinski definition) is 1. The number of imide groups is 1. The fourth-order valence-electron chi connectivity index (χ4n) is 3.48. The third-order valence-corrected chi connectivity index (χ3v) is 5.04. The average molecular weight is 410 g/mol. The average Bonchev–Trinajstić information content (AvgIpc) is 3.11. The lowest BCUT2D eigenvalue weighted by Gasteiger charge is -2.11. The maximum atomic E-state index is 14.3. The Kier molecular flexibility index (Phi) is 4.72. The van der Waals surface area contributed by atoms with Crippen LogP contribution in [-0.2, 0) is 4.79 Å². The molecule has 0 bridgehead atoms. The molecule has 29 heavy (non-hydrogen) atoms. The summed E-state index contributed by atoms with van der Waals surface area (Å²) in [5.74, 6) is -0.821. The Morgan fingerprint density at radius 2 is 1.79 bits per heavy atom. The van der Waals surface area contributed by atoms with Crippen molar-refractivity contribution in [2.24, 2.45) is 0 Å². The molecule has 0 saturated carbocycles. The van der Waals surface area contributed by atoms with Crippen LogP contribution >= 0.6 is 11.6 Å². The minimum absolute atomic E-state index is 0.142. The van der Waals surface area contributed by atoms with E-state index in [9.17, 15) is 14.0 Å². The predicted molar refractivity (Wildman–Crippen MR) is 111 cm³/mol. The van der Waals surface area contributed by atoms with Crippen molar-refractivity contribution in [2.75, 3.05) is 4.90 Å². The number of hydrogen-bond acceptors (Lipinski definition) is 2. The first-order valence-corrected chi connectivity index (χ1v) is 9.31. The molecule has 0 atom stereocenters. The molecular weight excluding hydrogens is 393 g/mol. The molecule has 146 valence electrons. The lowest BCUT2D eigenvalue weighted by Crippen LogP contribution is -2.30. The highest BCUT2D eigenvalue weighted by molar-refractivity contribution is 6.32. The van der Waals surface area contributed by atoms with Crippen LogP contribution in [-0.4, -0.2) is 16.5 Å². The van der Waals surface area contributed by atoms with Crippen LogP contribution in [0.5, 0.6) is 0 Å². The van der Waals surface area contributed by atoms with Crippen LogP contribution in [0.3, 0.4) is 0 Å². The SMILES string of the molecule is Cc1cc(/C=C2/NC(=O)N(c3cccc(Cl)c3)C2=O)c(C)n1-c1ccccc1F. The Bertz CT molecular complexity index is 1180. The zero-order valence-corrected chi connectivity index (χ0v) is 16.5. The summed E-state index contributed by atoms with van der Waals surface area (Å²) in [5.41, 5.74) is 3.23. The highest BCUT2D eigenvalue weighted by atomic mass is 35.5. The van der Waals surface area contributed by atoms with Crippen molar-refractivity contribution in [3.63, 3.8) is 0 Å². The minimum atomic E-state index is -0.550. The molecule has 7 heteroatoms. The number of aryl methyl sites for hydroxylation is 1. The van der Waals surface area contributed by atoms with Gasteiger partial charge in [0.15, 0.2) is 0 Å². The van der Waals surface area contributed by atoms with E-state index in [0.717, 1.165) is 16.3 Å². The first kappa shape index (κ1) is 19.0. The van der Waals surface area contributed by atoms with E-state index in [0.29, 0.717) is 22.0 Å². The Morgan fingerprint density at radius 1 is 1.03 bits per heavy atom. The van der Waals surface area contributed by atoms with Crippen molar-refractivity contribution in [2.45, 2.75) is 13.8 Å². The molecule has 3 aromatic rings. The van der Waals surface area contributed by atoms with Crippen molar-refractivity contribution < 1.29 is 14.0 Å². The second kappa shape index (κ2) is 7.22. The summed E-state index contributed by atoms with van der Waals surface area (Å²) < 4.78 is 16.0. The molecule has 1 aliphatic heterocycles. The summed E-state index contributed by atoms with van der Waals surface area (Å²) in [6.07, 6.45) is 1.60. The number of nitrogens with one attached hydrogen (secondary N) is 1. The van der Waals surface area contributed by atoms with Crippen LogP contribution in [0.2, 0.25) is 5.02 Å². The summed E-state index contributed by atoms with van der Waals surface area (Å²) in [7, 11) is 0. The molecule has 5 nitrogen and oxygen atoms in total. The quantitative estimate of drug-likeness (QED) is 0.489. The molecule has 1 saturated heterocycles. The van der Waals surface area contributed by atoms with E-state index >= 15 is 0 Å². The number of benzene rings is 2. The van der Waals surface area contributed by atoms with Gasteiger partial charge in [-0.25, -0.2) is 14.1 Å². The number of urea groups is 1. The number of amides is 3. The fraction of sp³-hybridized carbons (Fsp3) is 0.0909. The number of para-hydroxylation sites is 1. The lowest BCUT2D eigenvalue weighted by molar-refractivity contribution is -0.113. The smallest absolute Gasteiger partial charge is 0.315 e. The van der Waals surface area contributed by atoms with Gasteiger partial charge in [-0.2, -0.15) is 0 Å². The van der Waals surface area contributed by atoms with Crippen LogP contribution in [0.25, 0.3) is 11.8 Å². The van der Waals surface area contributed by atoms with Crippen molar-refractivity contribution in [1.29, 1.82) is 0 Å². The highest BCUT2D eigenvalue weighted by Crippen LogP contribution is 2.27. The van der Waals surface area contributed by atoms with Gasteiger partial charge in [-0.05, 0) is 61.9 Å². The molecule has 1 fully saturated rings. The van der Waals surface area contributed by atoms with E-state index in [4.69, 9.17) is 11.6 Å². The van der Waals surface area contributed by atoms with Gasteiger partial charge in [0.25, 0.3) is 5.91 Å². The van der Waals surface area contributed by atoms with Gasteiger partial charge in [0.05, 0.1) is 11.4 Å². The molecule has 3 amide bonds. The highest BCUT2D eigenvalue weighted by Gasteiger charge is 2.35. The molecule has 2 heterocycles. The van der Waals surface area contributed by atoms with Crippen LogP contribution in [0.4, 0.5) is 14.9 Å². The van der Waals surface area contributed by atoms with E-state index in [1.54, 1.807) is 53.1 Å². The zero-order valence-electron chi connectivity index (χ0n) is 15.7. The maximum Gasteiger partial charge on any atom is 0.333 e. The van der Waals surface area contributed by atoms with Gasteiger partial charge < -0.3 is 9.88 Å². The fourth-order valence-corrected chi connectivity index (χ4v) is 3.66. The van der Waals surface area contributed by atoms with E-state index in [-0.39, 0.29) is 11.5 Å². The third kappa shape index (κ3) is 3.32. The summed E-state index contributed by atoms with van der Waals surface area (Å²) in [6, 6.07) is 14.3. The van der Waals surface area contributed by atoms with Crippen LogP contribution < -0.4 is 10.2 Å². The second-order valence-electron chi connectivity index (χ2n) is 6.72.